The van der Waals surface area contributed by atoms with Crippen molar-refractivity contribution in [3.8, 4) is 0 Å². The van der Waals surface area contributed by atoms with Crippen molar-refractivity contribution in [2.24, 2.45) is 5.92 Å². The summed E-state index contributed by atoms with van der Waals surface area (Å²) in [6.07, 6.45) is -5.85. The number of amides is 1. The van der Waals surface area contributed by atoms with E-state index >= 15 is 4.39 Å². The van der Waals surface area contributed by atoms with Crippen LogP contribution in [-0.2, 0) is 28.6 Å². The average Bonchev–Trinajstić information content (AvgIpc) is 3.55. The summed E-state index contributed by atoms with van der Waals surface area (Å²) in [7, 11) is 0. The number of anilines is 1. The SMILES string of the molecule is CCSCCC(=O)Cc1c(F)ccc(CC(=O)c2cc(NC(=O)[C@H]3[C@H](c4ccc(F)c(C(F)(F)F)c4)C3(Cl)Cl)ccc2Cl)c1F. The van der Waals surface area contributed by atoms with Crippen LogP contribution in [0.4, 0.5) is 32.0 Å². The van der Waals surface area contributed by atoms with Crippen molar-refractivity contribution in [3.63, 3.8) is 0 Å². The number of carbonyl (C=O) groups is 3. The fourth-order valence-corrected chi connectivity index (χ4v) is 6.60. The molecular formula is C31H24Cl3F6NO3S. The molecule has 0 spiro atoms. The van der Waals surface area contributed by atoms with E-state index in [2.05, 4.69) is 5.32 Å². The molecule has 0 radical (unpaired) electrons. The van der Waals surface area contributed by atoms with E-state index < -0.39 is 75.5 Å². The minimum absolute atomic E-state index is 0.0383. The standard InChI is InChI=1S/C31H24Cl3F6NO3S/c1-2-45-10-9-18(42)14-20-23(35)7-4-16(28(20)37)12-25(43)19-13-17(5-6-22(19)32)41-29(44)27-26(30(27,33)34)15-3-8-24(36)21(11-15)31(38,39)40/h3-8,11,13,26-27H,2,9-10,12,14H2,1H3,(H,41,44)/t26-,27+/m0/s1. The van der Waals surface area contributed by atoms with Gasteiger partial charge in [0.1, 0.15) is 27.6 Å². The molecule has 0 unspecified atom stereocenters. The van der Waals surface area contributed by atoms with Gasteiger partial charge in [-0.15, -0.1) is 23.2 Å². The van der Waals surface area contributed by atoms with E-state index in [1.807, 2.05) is 6.92 Å². The first kappa shape index (κ1) is 35.1. The number of nitrogens with one attached hydrogen (secondary N) is 1. The van der Waals surface area contributed by atoms with Crippen LogP contribution in [0.5, 0.6) is 0 Å². The molecule has 4 rings (SSSR count). The maximum absolute atomic E-state index is 15.2. The van der Waals surface area contributed by atoms with Crippen LogP contribution in [0, 0.1) is 23.4 Å². The maximum Gasteiger partial charge on any atom is 0.419 e. The Morgan fingerprint density at radius 1 is 0.956 bits per heavy atom. The number of ketones is 2. The molecule has 1 aliphatic carbocycles. The molecular weight excluding hydrogens is 687 g/mol. The Labute approximate surface area is 273 Å². The highest BCUT2D eigenvalue weighted by atomic mass is 35.5. The van der Waals surface area contributed by atoms with Crippen molar-refractivity contribution in [2.45, 2.75) is 42.6 Å². The van der Waals surface area contributed by atoms with Gasteiger partial charge in [0.15, 0.2) is 5.78 Å². The second-order valence-corrected chi connectivity index (χ2v) is 13.6. The lowest BCUT2D eigenvalue weighted by atomic mass is 9.97. The van der Waals surface area contributed by atoms with Crippen LogP contribution in [0.15, 0.2) is 48.5 Å². The van der Waals surface area contributed by atoms with Crippen molar-refractivity contribution in [3.05, 3.63) is 98.8 Å². The van der Waals surface area contributed by atoms with Gasteiger partial charge in [0, 0.05) is 47.7 Å². The molecule has 1 saturated carbocycles. The van der Waals surface area contributed by atoms with Crippen LogP contribution in [0.1, 0.15) is 51.9 Å². The molecule has 0 saturated heterocycles. The summed E-state index contributed by atoms with van der Waals surface area (Å²) in [5, 5.41) is 2.46. The van der Waals surface area contributed by atoms with Crippen LogP contribution < -0.4 is 5.32 Å². The zero-order valence-electron chi connectivity index (χ0n) is 23.3. The number of benzene rings is 3. The van der Waals surface area contributed by atoms with Gasteiger partial charge in [-0.3, -0.25) is 14.4 Å². The summed E-state index contributed by atoms with van der Waals surface area (Å²) >= 11 is 20.2. The molecule has 14 heteroatoms. The van der Waals surface area contributed by atoms with Crippen molar-refractivity contribution in [1.82, 2.24) is 0 Å². The lowest BCUT2D eigenvalue weighted by Gasteiger charge is -2.12. The summed E-state index contributed by atoms with van der Waals surface area (Å²) in [5.74, 6) is -6.25. The number of alkyl halides is 5. The first-order chi connectivity index (χ1) is 21.1. The van der Waals surface area contributed by atoms with Crippen LogP contribution in [0.2, 0.25) is 5.02 Å². The van der Waals surface area contributed by atoms with E-state index in [-0.39, 0.29) is 39.6 Å². The zero-order chi connectivity index (χ0) is 33.3. The van der Waals surface area contributed by atoms with Gasteiger partial charge in [-0.25, -0.2) is 13.2 Å². The molecule has 0 bridgehead atoms. The number of rotatable bonds is 12. The monoisotopic (exact) mass is 709 g/mol. The molecule has 0 heterocycles. The molecule has 3 aromatic carbocycles. The Morgan fingerprint density at radius 2 is 1.64 bits per heavy atom. The Bertz CT molecular complexity index is 1650. The summed E-state index contributed by atoms with van der Waals surface area (Å²) in [6, 6.07) is 8.13. The van der Waals surface area contributed by atoms with Crippen molar-refractivity contribution >= 4 is 69.7 Å². The first-order valence-electron chi connectivity index (χ1n) is 13.5. The van der Waals surface area contributed by atoms with Crippen LogP contribution >= 0.6 is 46.6 Å². The van der Waals surface area contributed by atoms with E-state index in [1.54, 1.807) is 0 Å². The Kier molecular flexibility index (Phi) is 10.9. The second kappa shape index (κ2) is 13.9. The molecule has 1 aliphatic rings. The van der Waals surface area contributed by atoms with Crippen LogP contribution in [-0.4, -0.2) is 33.3 Å². The number of hydrogen-bond donors (Lipinski definition) is 1. The Balaban J connectivity index is 1.49. The average molecular weight is 711 g/mol. The maximum atomic E-state index is 15.2. The molecule has 0 aromatic heterocycles. The Hall–Kier alpha value is -2.73. The number of halogens is 9. The summed E-state index contributed by atoms with van der Waals surface area (Å²) in [6.45, 7) is 1.92. The summed E-state index contributed by atoms with van der Waals surface area (Å²) in [4.78, 5) is 38.4. The second-order valence-electron chi connectivity index (χ2n) is 10.3. The molecule has 4 nitrogen and oxygen atoms in total. The zero-order valence-corrected chi connectivity index (χ0v) is 26.4. The number of carbonyl (C=O) groups excluding carboxylic acids is 3. The van der Waals surface area contributed by atoms with Crippen molar-refractivity contribution in [1.29, 1.82) is 0 Å². The minimum atomic E-state index is -4.98. The lowest BCUT2D eigenvalue weighted by Crippen LogP contribution is -2.18. The molecule has 1 fully saturated rings. The molecule has 1 amide bonds. The highest BCUT2D eigenvalue weighted by Gasteiger charge is 2.67. The largest absolute Gasteiger partial charge is 0.419 e. The van der Waals surface area contributed by atoms with E-state index in [4.69, 9.17) is 34.8 Å². The van der Waals surface area contributed by atoms with Crippen molar-refractivity contribution in [2.75, 3.05) is 16.8 Å². The van der Waals surface area contributed by atoms with E-state index in [0.29, 0.717) is 17.9 Å². The van der Waals surface area contributed by atoms with Crippen LogP contribution in [0.25, 0.3) is 0 Å². The van der Waals surface area contributed by atoms with Gasteiger partial charge in [-0.05, 0) is 53.3 Å². The molecule has 240 valence electrons. The number of thioether (sulfide) groups is 1. The van der Waals surface area contributed by atoms with Crippen LogP contribution in [0.3, 0.4) is 0 Å². The van der Waals surface area contributed by atoms with Crippen molar-refractivity contribution < 1.29 is 40.7 Å². The fourth-order valence-electron chi connectivity index (χ4n) is 4.89. The highest BCUT2D eigenvalue weighted by Crippen LogP contribution is 2.65. The number of hydrogen-bond acceptors (Lipinski definition) is 4. The topological polar surface area (TPSA) is 63.2 Å². The van der Waals surface area contributed by atoms with E-state index in [0.717, 1.165) is 24.0 Å². The van der Waals surface area contributed by atoms with E-state index in [1.165, 1.54) is 30.0 Å². The lowest BCUT2D eigenvalue weighted by molar-refractivity contribution is -0.140. The summed E-state index contributed by atoms with van der Waals surface area (Å²) in [5.41, 5.74) is -2.29. The molecule has 3 aromatic rings. The van der Waals surface area contributed by atoms with Gasteiger partial charge in [0.25, 0.3) is 0 Å². The smallest absolute Gasteiger partial charge is 0.326 e. The molecule has 1 N–H and O–H groups in total. The van der Waals surface area contributed by atoms with Gasteiger partial charge in [-0.1, -0.05) is 30.7 Å². The molecule has 45 heavy (non-hydrogen) atoms. The predicted molar refractivity (Wildman–Crippen MR) is 163 cm³/mol. The van der Waals surface area contributed by atoms with Gasteiger partial charge in [0.05, 0.1) is 16.5 Å². The summed E-state index contributed by atoms with van der Waals surface area (Å²) < 4.78 is 81.2. The molecule has 2 atom stereocenters. The highest BCUT2D eigenvalue weighted by molar-refractivity contribution is 7.99. The third kappa shape index (κ3) is 7.99. The fraction of sp³-hybridized carbons (Fsp3) is 0.323. The first-order valence-corrected chi connectivity index (χ1v) is 15.8. The van der Waals surface area contributed by atoms with Gasteiger partial charge in [0.2, 0.25) is 5.91 Å². The third-order valence-electron chi connectivity index (χ3n) is 7.25. The third-order valence-corrected chi connectivity index (χ3v) is 9.42. The minimum Gasteiger partial charge on any atom is -0.326 e. The van der Waals surface area contributed by atoms with Gasteiger partial charge in [-0.2, -0.15) is 24.9 Å². The quantitative estimate of drug-likeness (QED) is 0.0883. The predicted octanol–water partition coefficient (Wildman–Crippen LogP) is 8.98. The molecule has 0 aliphatic heterocycles. The van der Waals surface area contributed by atoms with Gasteiger partial charge >= 0.3 is 6.18 Å². The Morgan fingerprint density at radius 3 is 2.31 bits per heavy atom. The van der Waals surface area contributed by atoms with Gasteiger partial charge < -0.3 is 5.32 Å². The normalized spacial score (nSPS) is 17.2. The van der Waals surface area contributed by atoms with E-state index in [9.17, 15) is 36.3 Å². The number of Topliss-reactive ketones (excluding diaryl/α,β-unsaturated/α-hetero) is 2.